The molecule has 10 unspecified atom stereocenters. The van der Waals surface area contributed by atoms with Crippen LogP contribution in [-0.2, 0) is 51.6 Å². The molecule has 1 saturated carbocycles. The Morgan fingerprint density at radius 2 is 0.887 bits per heavy atom. The van der Waals surface area contributed by atoms with Crippen LogP contribution in [0.5, 0.6) is 0 Å². The number of ether oxygens (including phenoxy) is 6. The summed E-state index contributed by atoms with van der Waals surface area (Å²) in [6.07, 6.45) is 2.42. The van der Waals surface area contributed by atoms with Gasteiger partial charge in [-0.05, 0) is 70.6 Å². The number of carbonyl (C=O) groups excluding carboxylic acids is 2. The fraction of sp³-hybridized carbons (Fsp3) is 0.821. The summed E-state index contributed by atoms with van der Waals surface area (Å²) in [5.41, 5.74) is 0. The van der Waals surface area contributed by atoms with Gasteiger partial charge in [0.05, 0.1) is 19.8 Å². The Balaban J connectivity index is 1.71. The molecule has 3 rings (SSSR count). The maximum atomic E-state index is 14.0. The average Bonchev–Trinajstić information content (AvgIpc) is 3.44. The van der Waals surface area contributed by atoms with Crippen molar-refractivity contribution < 1.29 is 113 Å². The van der Waals surface area contributed by atoms with E-state index < -0.39 is 150 Å². The van der Waals surface area contributed by atoms with E-state index in [1.54, 1.807) is 0 Å². The Hall–Kier alpha value is -2.59. The Morgan fingerprint density at radius 3 is 1.34 bits per heavy atom. The topological polar surface area (TPSA) is 368 Å². The van der Waals surface area contributed by atoms with Crippen LogP contribution in [0.15, 0.2) is 48.6 Å². The lowest BCUT2D eigenvalue weighted by molar-refractivity contribution is -0.360. The molecule has 12 N–H and O–H groups in total. The van der Waals surface area contributed by atoms with E-state index >= 15 is 0 Å². The van der Waals surface area contributed by atoms with Crippen molar-refractivity contribution in [1.82, 2.24) is 0 Å². The molecule has 23 nitrogen and oxygen atoms in total. The van der Waals surface area contributed by atoms with Gasteiger partial charge in [0, 0.05) is 12.8 Å². The molecule has 0 amide bonds. The van der Waals surface area contributed by atoms with Crippen LogP contribution in [0.25, 0.3) is 0 Å². The van der Waals surface area contributed by atoms with Gasteiger partial charge in [0.2, 0.25) is 0 Å². The number of carbonyl (C=O) groups is 2. The van der Waals surface area contributed by atoms with E-state index in [-0.39, 0.29) is 12.8 Å². The number of phosphoric ester groups is 1. The normalized spacial score (nSPS) is 31.6. The lowest BCUT2D eigenvalue weighted by atomic mass is 9.84. The van der Waals surface area contributed by atoms with Crippen molar-refractivity contribution in [2.24, 2.45) is 0 Å². The molecule has 2 aliphatic heterocycles. The number of rotatable bonds is 41. The monoisotopic (exact) mass is 1170 g/mol. The van der Waals surface area contributed by atoms with E-state index in [1.165, 1.54) is 25.7 Å². The highest BCUT2D eigenvalue weighted by atomic mass is 31.2. The van der Waals surface area contributed by atoms with Crippen LogP contribution < -0.4 is 0 Å². The van der Waals surface area contributed by atoms with E-state index in [1.807, 2.05) is 0 Å². The molecule has 1 aliphatic carbocycles. The molecule has 2 heterocycles. The third-order valence-electron chi connectivity index (χ3n) is 14.1. The highest BCUT2D eigenvalue weighted by Gasteiger charge is 2.58. The molecular weight excluding hydrogens is 1070 g/mol. The Bertz CT molecular complexity index is 1780. The van der Waals surface area contributed by atoms with E-state index in [0.717, 1.165) is 89.9 Å². The van der Waals surface area contributed by atoms with E-state index in [0.29, 0.717) is 19.3 Å². The molecule has 3 aliphatic rings. The summed E-state index contributed by atoms with van der Waals surface area (Å²) in [6, 6.07) is 0. The number of allylic oxidation sites excluding steroid dienone is 8. The van der Waals surface area contributed by atoms with Crippen molar-refractivity contribution in [3.63, 3.8) is 0 Å². The molecule has 0 aromatic heterocycles. The van der Waals surface area contributed by atoms with Crippen molar-refractivity contribution in [3.8, 4) is 0 Å². The minimum atomic E-state index is -5.64. The van der Waals surface area contributed by atoms with Gasteiger partial charge in [-0.15, -0.1) is 0 Å². The maximum absolute atomic E-state index is 14.0. The Kier molecular flexibility index (Phi) is 36.4. The Morgan fingerprint density at radius 1 is 0.475 bits per heavy atom. The van der Waals surface area contributed by atoms with E-state index in [9.17, 15) is 75.2 Å². The number of aliphatic hydroxyl groups is 11. The number of phosphoric acid groups is 1. The molecule has 0 aromatic carbocycles. The van der Waals surface area contributed by atoms with Crippen LogP contribution in [0.2, 0.25) is 0 Å². The smallest absolute Gasteiger partial charge is 0.462 e. The third kappa shape index (κ3) is 26.1. The van der Waals surface area contributed by atoms with Gasteiger partial charge in [-0.25, -0.2) is 4.57 Å². The van der Waals surface area contributed by atoms with Crippen LogP contribution >= 0.6 is 7.82 Å². The summed E-state index contributed by atoms with van der Waals surface area (Å²) in [4.78, 5) is 37.5. The molecule has 464 valence electrons. The van der Waals surface area contributed by atoms with Crippen molar-refractivity contribution in [2.45, 2.75) is 266 Å². The molecule has 24 heteroatoms. The molecular formula is C56H97O23P. The van der Waals surface area contributed by atoms with E-state index in [2.05, 4.69) is 62.5 Å². The average molecular weight is 1170 g/mol. The first-order chi connectivity index (χ1) is 38.4. The summed E-state index contributed by atoms with van der Waals surface area (Å²) in [6.45, 7) is 0.876. The van der Waals surface area contributed by atoms with Gasteiger partial charge >= 0.3 is 19.8 Å². The maximum Gasteiger partial charge on any atom is 0.472 e. The molecule has 0 radical (unpaired) electrons. The fourth-order valence-corrected chi connectivity index (χ4v) is 10.2. The molecule has 0 aromatic rings. The minimum absolute atomic E-state index is 0.0312. The fourth-order valence-electron chi connectivity index (χ4n) is 9.24. The Labute approximate surface area is 471 Å². The summed E-state index contributed by atoms with van der Waals surface area (Å²) in [7, 11) is -5.64. The van der Waals surface area contributed by atoms with Gasteiger partial charge in [-0.3, -0.25) is 18.6 Å². The highest BCUT2D eigenvalue weighted by Crippen LogP contribution is 2.49. The van der Waals surface area contributed by atoms with Crippen molar-refractivity contribution in [1.29, 1.82) is 0 Å². The number of hydrogen-bond acceptors (Lipinski definition) is 22. The van der Waals surface area contributed by atoms with Crippen molar-refractivity contribution in [2.75, 3.05) is 26.4 Å². The predicted molar refractivity (Wildman–Crippen MR) is 291 cm³/mol. The van der Waals surface area contributed by atoms with Crippen LogP contribution in [0, 0.1) is 0 Å². The third-order valence-corrected chi connectivity index (χ3v) is 15.1. The van der Waals surface area contributed by atoms with Crippen LogP contribution in [0.4, 0.5) is 0 Å². The van der Waals surface area contributed by atoms with Gasteiger partial charge in [0.1, 0.15) is 92.1 Å². The van der Waals surface area contributed by atoms with Crippen LogP contribution in [0.3, 0.4) is 0 Å². The van der Waals surface area contributed by atoms with Gasteiger partial charge < -0.3 is 89.5 Å². The number of aliphatic hydroxyl groups excluding tert-OH is 11. The summed E-state index contributed by atoms with van der Waals surface area (Å²) < 4.78 is 58.0. The largest absolute Gasteiger partial charge is 0.472 e. The molecule has 80 heavy (non-hydrogen) atoms. The SMILES string of the molecule is CCC/C=C\C/C=C\CCCCCCCC(=O)O[C@H](COC(=O)CCCCCCC/C=C\C/C=C\CCCCCC)COP(=O)(O)OC1C(O[C@@H]2OC(CO)[C@H](O)C(O)[C@@H]2O)C(O)C(O)C(O)[C@H]1O[C@H]1OC(CO)[C@@H](O)C(O)[C@H]1O. The predicted octanol–water partition coefficient (Wildman–Crippen LogP) is 3.65. The van der Waals surface area contributed by atoms with Gasteiger partial charge in [-0.1, -0.05) is 127 Å². The first-order valence-electron chi connectivity index (χ1n) is 29.0. The second kappa shape index (κ2) is 40.6. The lowest BCUT2D eigenvalue weighted by Crippen LogP contribution is -2.69. The van der Waals surface area contributed by atoms with Crippen molar-refractivity contribution >= 4 is 19.8 Å². The molecule has 0 spiro atoms. The van der Waals surface area contributed by atoms with Gasteiger partial charge in [-0.2, -0.15) is 0 Å². The summed E-state index contributed by atoms with van der Waals surface area (Å²) in [5, 5.41) is 117. The molecule has 2 saturated heterocycles. The second-order valence-electron chi connectivity index (χ2n) is 20.8. The highest BCUT2D eigenvalue weighted by molar-refractivity contribution is 7.47. The second-order valence-corrected chi connectivity index (χ2v) is 22.2. The van der Waals surface area contributed by atoms with Crippen molar-refractivity contribution in [3.05, 3.63) is 48.6 Å². The zero-order valence-corrected chi connectivity index (χ0v) is 47.7. The first kappa shape index (κ1) is 71.7. The zero-order valence-electron chi connectivity index (χ0n) is 46.8. The molecule has 3 fully saturated rings. The van der Waals surface area contributed by atoms with Gasteiger partial charge in [0.15, 0.2) is 18.7 Å². The lowest BCUT2D eigenvalue weighted by Gasteiger charge is -2.49. The minimum Gasteiger partial charge on any atom is -0.462 e. The summed E-state index contributed by atoms with van der Waals surface area (Å²) >= 11 is 0. The molecule has 18 atom stereocenters. The quantitative estimate of drug-likeness (QED) is 0.0180. The first-order valence-corrected chi connectivity index (χ1v) is 30.5. The number of esters is 2. The standard InChI is InChI=1S/C56H97O23P/c1-3-5-7-9-11-13-15-17-18-19-21-22-24-26-28-30-32-41(59)72-36-38(74-42(60)33-31-29-27-25-23-20-16-14-12-10-8-6-4-2)37-73-80(70,71)79-54-52(77-55-50(68)45(63)43(61)39(34-57)75-55)48(66)47(65)49(67)53(54)78-56-51(69)46(64)44(62)40(35-58)76-56/h8,10,13-16,18-19,38-40,43-58,61-69H,3-7,9,11-12,17,20-37H2,1-2H3,(H,70,71)/b10-8-,15-13-,16-14-,19-18-/t38-,39?,40?,43-,44+,45?,46?,47?,48?,49?,50-,51+,52-,53?,54?,55-,56+/m1/s1. The zero-order chi connectivity index (χ0) is 58.9. The number of hydrogen-bond donors (Lipinski definition) is 12. The van der Waals surface area contributed by atoms with E-state index in [4.69, 9.17) is 37.5 Å². The van der Waals surface area contributed by atoms with Crippen LogP contribution in [0.1, 0.15) is 162 Å². The van der Waals surface area contributed by atoms with Gasteiger partial charge in [0.25, 0.3) is 0 Å². The van der Waals surface area contributed by atoms with Crippen LogP contribution in [-0.4, -0.2) is 204 Å². The summed E-state index contributed by atoms with van der Waals surface area (Å²) in [5.74, 6) is -1.37. The number of unbranched alkanes of at least 4 members (excludes halogenated alkanes) is 15. The molecule has 0 bridgehead atoms.